The average molecular weight is 266 g/mol. The van der Waals surface area contributed by atoms with E-state index < -0.39 is 0 Å². The molecule has 0 atom stereocenters. The van der Waals surface area contributed by atoms with E-state index in [4.69, 9.17) is 10.5 Å². The molecule has 5 heteroatoms. The summed E-state index contributed by atoms with van der Waals surface area (Å²) in [6.07, 6.45) is 1.92. The summed E-state index contributed by atoms with van der Waals surface area (Å²) in [6, 6.07) is 5.31. The number of methoxy groups -OCH3 is 1. The topological polar surface area (TPSA) is 64.3 Å². The van der Waals surface area contributed by atoms with Crippen LogP contribution in [0, 0.1) is 5.92 Å². The van der Waals surface area contributed by atoms with Crippen molar-refractivity contribution < 1.29 is 9.53 Å². The molecule has 1 aromatic carbocycles. The van der Waals surface area contributed by atoms with E-state index in [1.807, 2.05) is 17.8 Å². The second-order valence-electron chi connectivity index (χ2n) is 4.33. The zero-order valence-electron chi connectivity index (χ0n) is 10.4. The van der Waals surface area contributed by atoms with Crippen LogP contribution in [0.1, 0.15) is 12.8 Å². The van der Waals surface area contributed by atoms with Gasteiger partial charge in [-0.05, 0) is 42.5 Å². The Morgan fingerprint density at radius 3 is 2.78 bits per heavy atom. The van der Waals surface area contributed by atoms with Gasteiger partial charge in [-0.25, -0.2) is 0 Å². The summed E-state index contributed by atoms with van der Waals surface area (Å²) >= 11 is 1.91. The predicted molar refractivity (Wildman–Crippen MR) is 76.1 cm³/mol. The lowest BCUT2D eigenvalue weighted by atomic mass is 10.0. The highest BCUT2D eigenvalue weighted by atomic mass is 32.2. The van der Waals surface area contributed by atoms with Gasteiger partial charge >= 0.3 is 0 Å². The van der Waals surface area contributed by atoms with Crippen LogP contribution < -0.4 is 15.8 Å². The van der Waals surface area contributed by atoms with Gasteiger partial charge in [0.15, 0.2) is 0 Å². The van der Waals surface area contributed by atoms with Crippen LogP contribution in [0.4, 0.5) is 11.4 Å². The molecule has 1 saturated heterocycles. The Bertz CT molecular complexity index is 431. The summed E-state index contributed by atoms with van der Waals surface area (Å²) in [5.74, 6) is 3.00. The first-order valence-corrected chi connectivity index (χ1v) is 7.18. The van der Waals surface area contributed by atoms with E-state index in [1.54, 1.807) is 19.2 Å². The average Bonchev–Trinajstić information content (AvgIpc) is 2.40. The van der Waals surface area contributed by atoms with Gasteiger partial charge in [0, 0.05) is 11.6 Å². The molecule has 1 heterocycles. The molecular formula is C13H18N2O2S. The standard InChI is InChI=1S/C13H18N2O2S/c1-17-12-3-2-10(8-11(12)14)15-13(16)9-4-6-18-7-5-9/h2-3,8-9H,4-7,14H2,1H3,(H,15,16). The lowest BCUT2D eigenvalue weighted by Gasteiger charge is -2.20. The van der Waals surface area contributed by atoms with Crippen molar-refractivity contribution in [1.82, 2.24) is 0 Å². The van der Waals surface area contributed by atoms with Crippen molar-refractivity contribution in [3.63, 3.8) is 0 Å². The van der Waals surface area contributed by atoms with Gasteiger partial charge in [0.05, 0.1) is 12.8 Å². The molecule has 0 radical (unpaired) electrons. The van der Waals surface area contributed by atoms with Crippen LogP contribution in [0.2, 0.25) is 0 Å². The van der Waals surface area contributed by atoms with Crippen LogP contribution in [-0.2, 0) is 4.79 Å². The first-order chi connectivity index (χ1) is 8.70. The van der Waals surface area contributed by atoms with E-state index in [0.717, 1.165) is 30.0 Å². The highest BCUT2D eigenvalue weighted by Crippen LogP contribution is 2.27. The van der Waals surface area contributed by atoms with E-state index >= 15 is 0 Å². The zero-order chi connectivity index (χ0) is 13.0. The van der Waals surface area contributed by atoms with Crippen molar-refractivity contribution in [2.75, 3.05) is 29.7 Å². The predicted octanol–water partition coefficient (Wildman–Crippen LogP) is 2.36. The monoisotopic (exact) mass is 266 g/mol. The SMILES string of the molecule is COc1ccc(NC(=O)C2CCSCC2)cc1N. The molecule has 0 aromatic heterocycles. The second kappa shape index (κ2) is 6.00. The number of rotatable bonds is 3. The third-order valence-electron chi connectivity index (χ3n) is 3.09. The molecule has 0 spiro atoms. The molecule has 1 aliphatic rings. The summed E-state index contributed by atoms with van der Waals surface area (Å²) in [4.78, 5) is 12.0. The largest absolute Gasteiger partial charge is 0.495 e. The van der Waals surface area contributed by atoms with Gasteiger partial charge in [0.1, 0.15) is 5.75 Å². The van der Waals surface area contributed by atoms with Crippen molar-refractivity contribution in [2.45, 2.75) is 12.8 Å². The maximum Gasteiger partial charge on any atom is 0.227 e. The highest BCUT2D eigenvalue weighted by Gasteiger charge is 2.21. The van der Waals surface area contributed by atoms with Gasteiger partial charge < -0.3 is 15.8 Å². The fraction of sp³-hybridized carbons (Fsp3) is 0.462. The number of nitrogens with one attached hydrogen (secondary N) is 1. The van der Waals surface area contributed by atoms with Gasteiger partial charge in [0.25, 0.3) is 0 Å². The number of carbonyl (C=O) groups excluding carboxylic acids is 1. The van der Waals surface area contributed by atoms with Crippen LogP contribution in [0.25, 0.3) is 0 Å². The Kier molecular flexibility index (Phi) is 4.36. The molecule has 4 nitrogen and oxygen atoms in total. The number of nitrogen functional groups attached to an aromatic ring is 1. The Morgan fingerprint density at radius 1 is 1.44 bits per heavy atom. The summed E-state index contributed by atoms with van der Waals surface area (Å²) in [7, 11) is 1.57. The second-order valence-corrected chi connectivity index (χ2v) is 5.56. The third kappa shape index (κ3) is 3.10. The number of ether oxygens (including phenoxy) is 1. The first-order valence-electron chi connectivity index (χ1n) is 6.03. The molecule has 1 fully saturated rings. The van der Waals surface area contributed by atoms with Crippen molar-refractivity contribution in [3.8, 4) is 5.75 Å². The number of hydrogen-bond acceptors (Lipinski definition) is 4. The third-order valence-corrected chi connectivity index (χ3v) is 4.14. The molecule has 98 valence electrons. The number of amides is 1. The smallest absolute Gasteiger partial charge is 0.227 e. The number of carbonyl (C=O) groups is 1. The number of benzene rings is 1. The van der Waals surface area contributed by atoms with Gasteiger partial charge in [-0.2, -0.15) is 11.8 Å². The van der Waals surface area contributed by atoms with Gasteiger partial charge in [-0.15, -0.1) is 0 Å². The molecule has 1 amide bonds. The van der Waals surface area contributed by atoms with E-state index in [1.165, 1.54) is 0 Å². The Hall–Kier alpha value is -1.36. The Morgan fingerprint density at radius 2 is 2.17 bits per heavy atom. The zero-order valence-corrected chi connectivity index (χ0v) is 11.3. The number of anilines is 2. The maximum absolute atomic E-state index is 12.0. The Balaban J connectivity index is 2.00. The number of hydrogen-bond donors (Lipinski definition) is 2. The maximum atomic E-state index is 12.0. The normalized spacial score (nSPS) is 16.3. The Labute approximate surface area is 111 Å². The van der Waals surface area contributed by atoms with E-state index in [0.29, 0.717) is 11.4 Å². The van der Waals surface area contributed by atoms with Crippen LogP contribution >= 0.6 is 11.8 Å². The minimum Gasteiger partial charge on any atom is -0.495 e. The van der Waals surface area contributed by atoms with Crippen molar-refractivity contribution in [2.24, 2.45) is 5.92 Å². The van der Waals surface area contributed by atoms with E-state index in [-0.39, 0.29) is 11.8 Å². The van der Waals surface area contributed by atoms with Crippen molar-refractivity contribution >= 4 is 29.0 Å². The first kappa shape index (κ1) is 13.1. The molecule has 3 N–H and O–H groups in total. The minimum absolute atomic E-state index is 0.0971. The number of thioether (sulfide) groups is 1. The van der Waals surface area contributed by atoms with Crippen molar-refractivity contribution in [3.05, 3.63) is 18.2 Å². The molecule has 2 rings (SSSR count). The van der Waals surface area contributed by atoms with Gasteiger partial charge in [-0.3, -0.25) is 4.79 Å². The van der Waals surface area contributed by atoms with Crippen LogP contribution in [0.3, 0.4) is 0 Å². The molecule has 0 aliphatic carbocycles. The summed E-state index contributed by atoms with van der Waals surface area (Å²) in [5.41, 5.74) is 7.08. The molecule has 18 heavy (non-hydrogen) atoms. The van der Waals surface area contributed by atoms with Crippen LogP contribution in [0.5, 0.6) is 5.75 Å². The van der Waals surface area contributed by atoms with Gasteiger partial charge in [0.2, 0.25) is 5.91 Å². The lowest BCUT2D eigenvalue weighted by molar-refractivity contribution is -0.120. The fourth-order valence-corrected chi connectivity index (χ4v) is 3.12. The van der Waals surface area contributed by atoms with E-state index in [2.05, 4.69) is 5.32 Å². The fourth-order valence-electron chi connectivity index (χ4n) is 2.02. The molecule has 0 unspecified atom stereocenters. The minimum atomic E-state index is 0.0971. The summed E-state index contributed by atoms with van der Waals surface area (Å²) in [6.45, 7) is 0. The van der Waals surface area contributed by atoms with Crippen LogP contribution in [0.15, 0.2) is 18.2 Å². The lowest BCUT2D eigenvalue weighted by Crippen LogP contribution is -2.26. The molecule has 0 saturated carbocycles. The summed E-state index contributed by atoms with van der Waals surface area (Å²) in [5, 5.41) is 2.92. The van der Waals surface area contributed by atoms with Crippen LogP contribution in [-0.4, -0.2) is 24.5 Å². The molecule has 1 aliphatic heterocycles. The summed E-state index contributed by atoms with van der Waals surface area (Å²) < 4.78 is 5.08. The van der Waals surface area contributed by atoms with Gasteiger partial charge in [-0.1, -0.05) is 0 Å². The number of nitrogens with two attached hydrogens (primary N) is 1. The quantitative estimate of drug-likeness (QED) is 0.824. The molecular weight excluding hydrogens is 248 g/mol. The van der Waals surface area contributed by atoms with Crippen molar-refractivity contribution in [1.29, 1.82) is 0 Å². The molecule has 1 aromatic rings. The van der Waals surface area contributed by atoms with E-state index in [9.17, 15) is 4.79 Å². The highest BCUT2D eigenvalue weighted by molar-refractivity contribution is 7.99. The molecule has 0 bridgehead atoms.